The van der Waals surface area contributed by atoms with E-state index in [4.69, 9.17) is 0 Å². The summed E-state index contributed by atoms with van der Waals surface area (Å²) in [6.45, 7) is 1.42. The van der Waals surface area contributed by atoms with Gasteiger partial charge in [0.05, 0.1) is 4.90 Å². The van der Waals surface area contributed by atoms with Gasteiger partial charge in [0.15, 0.2) is 11.1 Å². The Bertz CT molecular complexity index is 610. The third kappa shape index (κ3) is 2.51. The van der Waals surface area contributed by atoms with Crippen LogP contribution in [0.1, 0.15) is 6.92 Å². The van der Waals surface area contributed by atoms with Gasteiger partial charge in [-0.1, -0.05) is 18.2 Å². The maximum atomic E-state index is 11.2. The van der Waals surface area contributed by atoms with Crippen LogP contribution in [0.4, 0.5) is 5.69 Å². The summed E-state index contributed by atoms with van der Waals surface area (Å²) >= 11 is -2.04. The van der Waals surface area contributed by atoms with Gasteiger partial charge in [0, 0.05) is 18.0 Å². The summed E-state index contributed by atoms with van der Waals surface area (Å²) in [5, 5.41) is 4.17. The summed E-state index contributed by atoms with van der Waals surface area (Å²) in [6, 6.07) is 10.4. The number of anilines is 1. The molecule has 0 aliphatic carbocycles. The summed E-state index contributed by atoms with van der Waals surface area (Å²) in [4.78, 5) is 11.3. The van der Waals surface area contributed by atoms with Gasteiger partial charge in [-0.25, -0.2) is 4.21 Å². The molecule has 2 rings (SSSR count). The predicted octanol–water partition coefficient (Wildman–Crippen LogP) is 2.38. The number of hydrogen-bond donors (Lipinski definition) is 2. The van der Waals surface area contributed by atoms with Crippen molar-refractivity contribution in [1.29, 1.82) is 0 Å². The predicted molar refractivity (Wildman–Crippen MR) is 67.3 cm³/mol. The Labute approximate surface area is 101 Å². The van der Waals surface area contributed by atoms with Gasteiger partial charge in [0.1, 0.15) is 0 Å². The first-order valence-corrected chi connectivity index (χ1v) is 6.10. The van der Waals surface area contributed by atoms with E-state index < -0.39 is 11.1 Å². The molecule has 2 aromatic carbocycles. The highest BCUT2D eigenvalue weighted by molar-refractivity contribution is 7.79. The maximum absolute atomic E-state index is 11.2. The van der Waals surface area contributed by atoms with E-state index in [1.807, 2.05) is 6.07 Å². The van der Waals surface area contributed by atoms with E-state index >= 15 is 0 Å². The zero-order valence-electron chi connectivity index (χ0n) is 9.14. The van der Waals surface area contributed by atoms with E-state index in [-0.39, 0.29) is 5.91 Å². The van der Waals surface area contributed by atoms with E-state index in [2.05, 4.69) is 5.32 Å². The number of amides is 1. The van der Waals surface area contributed by atoms with Gasteiger partial charge in [-0.2, -0.15) is 0 Å². The molecule has 0 heterocycles. The summed E-state index contributed by atoms with van der Waals surface area (Å²) < 4.78 is 20.4. The van der Waals surface area contributed by atoms with Crippen molar-refractivity contribution in [3.05, 3.63) is 36.4 Å². The molecule has 2 N–H and O–H groups in total. The minimum Gasteiger partial charge on any atom is -0.326 e. The lowest BCUT2D eigenvalue weighted by molar-refractivity contribution is -0.114. The average Bonchev–Trinajstić information content (AvgIpc) is 2.27. The second-order valence-electron chi connectivity index (χ2n) is 3.62. The fourth-order valence-corrected chi connectivity index (χ4v) is 2.24. The number of benzene rings is 2. The second kappa shape index (κ2) is 4.65. The molecule has 5 heteroatoms. The third-order valence-corrected chi connectivity index (χ3v) is 3.08. The first-order valence-electron chi connectivity index (χ1n) is 4.99. The topological polar surface area (TPSA) is 66.4 Å². The molecule has 0 saturated carbocycles. The van der Waals surface area contributed by atoms with Crippen LogP contribution in [0.25, 0.3) is 10.8 Å². The lowest BCUT2D eigenvalue weighted by Gasteiger charge is -2.06. The molecular formula is C12H11NO3S. The Morgan fingerprint density at radius 2 is 2.06 bits per heavy atom. The Hall–Kier alpha value is -1.72. The minimum atomic E-state index is -2.04. The van der Waals surface area contributed by atoms with E-state index in [1.54, 1.807) is 30.3 Å². The lowest BCUT2D eigenvalue weighted by Crippen LogP contribution is -2.05. The molecule has 1 unspecified atom stereocenters. The molecule has 0 spiro atoms. The number of hydrogen-bond acceptors (Lipinski definition) is 2. The molecular weight excluding hydrogens is 238 g/mol. The lowest BCUT2D eigenvalue weighted by atomic mass is 10.1. The molecule has 0 radical (unpaired) electrons. The van der Waals surface area contributed by atoms with Crippen molar-refractivity contribution in [2.24, 2.45) is 0 Å². The van der Waals surface area contributed by atoms with Crippen molar-refractivity contribution in [1.82, 2.24) is 0 Å². The molecule has 0 fully saturated rings. The molecule has 0 aliphatic heterocycles. The first kappa shape index (κ1) is 11.8. The van der Waals surface area contributed by atoms with Crippen LogP contribution in [0.2, 0.25) is 0 Å². The van der Waals surface area contributed by atoms with Gasteiger partial charge < -0.3 is 9.87 Å². The standard InChI is InChI=1S/C12H11NO3S/c1-8(14)13-10-6-5-9-3-2-4-12(17(15)16)11(9)7-10/h2-7H,1H3,(H,13,14)(H,15,16). The second-order valence-corrected chi connectivity index (χ2v) is 4.56. The van der Waals surface area contributed by atoms with Gasteiger partial charge in [-0.05, 0) is 23.6 Å². The van der Waals surface area contributed by atoms with Crippen molar-refractivity contribution in [3.8, 4) is 0 Å². The van der Waals surface area contributed by atoms with Crippen molar-refractivity contribution in [3.63, 3.8) is 0 Å². The Balaban J connectivity index is 2.61. The van der Waals surface area contributed by atoms with Crippen LogP contribution >= 0.6 is 0 Å². The number of carbonyl (C=O) groups excluding carboxylic acids is 1. The smallest absolute Gasteiger partial charge is 0.221 e. The highest BCUT2D eigenvalue weighted by Crippen LogP contribution is 2.24. The van der Waals surface area contributed by atoms with Gasteiger partial charge >= 0.3 is 0 Å². The van der Waals surface area contributed by atoms with Crippen molar-refractivity contribution in [2.75, 3.05) is 5.32 Å². The van der Waals surface area contributed by atoms with Crippen LogP contribution in [0.5, 0.6) is 0 Å². The normalized spacial score (nSPS) is 12.4. The monoisotopic (exact) mass is 249 g/mol. The van der Waals surface area contributed by atoms with E-state index in [9.17, 15) is 13.6 Å². The highest BCUT2D eigenvalue weighted by Gasteiger charge is 2.07. The molecule has 0 aliphatic rings. The summed E-state index contributed by atoms with van der Waals surface area (Å²) in [5.74, 6) is -0.174. The largest absolute Gasteiger partial charge is 0.326 e. The van der Waals surface area contributed by atoms with Crippen LogP contribution in [0, 0.1) is 0 Å². The quantitative estimate of drug-likeness (QED) is 0.803. The molecule has 17 heavy (non-hydrogen) atoms. The number of fused-ring (bicyclic) bond motifs is 1. The Morgan fingerprint density at radius 1 is 1.29 bits per heavy atom. The Kier molecular flexibility index (Phi) is 3.21. The minimum absolute atomic E-state index is 0.174. The van der Waals surface area contributed by atoms with Gasteiger partial charge in [0.2, 0.25) is 5.91 Å². The van der Waals surface area contributed by atoms with E-state index in [0.29, 0.717) is 16.0 Å². The number of nitrogens with one attached hydrogen (secondary N) is 1. The molecule has 0 bridgehead atoms. The van der Waals surface area contributed by atoms with Crippen molar-refractivity contribution >= 4 is 33.4 Å². The van der Waals surface area contributed by atoms with Crippen LogP contribution in [-0.4, -0.2) is 14.7 Å². The first-order chi connectivity index (χ1) is 8.08. The molecule has 1 atom stereocenters. The highest BCUT2D eigenvalue weighted by atomic mass is 32.2. The van der Waals surface area contributed by atoms with Crippen LogP contribution < -0.4 is 5.32 Å². The van der Waals surface area contributed by atoms with Crippen LogP contribution in [-0.2, 0) is 15.9 Å². The third-order valence-electron chi connectivity index (χ3n) is 2.35. The van der Waals surface area contributed by atoms with Crippen LogP contribution in [0.15, 0.2) is 41.3 Å². The maximum Gasteiger partial charge on any atom is 0.221 e. The zero-order chi connectivity index (χ0) is 12.4. The van der Waals surface area contributed by atoms with Gasteiger partial charge in [-0.15, -0.1) is 0 Å². The zero-order valence-corrected chi connectivity index (χ0v) is 9.95. The van der Waals surface area contributed by atoms with E-state index in [0.717, 1.165) is 5.39 Å². The fourth-order valence-electron chi connectivity index (χ4n) is 1.68. The number of carbonyl (C=O) groups is 1. The molecule has 0 aromatic heterocycles. The van der Waals surface area contributed by atoms with Gasteiger partial charge in [0.25, 0.3) is 0 Å². The van der Waals surface area contributed by atoms with E-state index in [1.165, 1.54) is 6.92 Å². The van der Waals surface area contributed by atoms with Crippen molar-refractivity contribution in [2.45, 2.75) is 11.8 Å². The summed E-state index contributed by atoms with van der Waals surface area (Å²) in [6.07, 6.45) is 0. The summed E-state index contributed by atoms with van der Waals surface area (Å²) in [5.41, 5.74) is 0.614. The number of rotatable bonds is 2. The molecule has 0 saturated heterocycles. The molecule has 1 amide bonds. The molecule has 4 nitrogen and oxygen atoms in total. The molecule has 2 aromatic rings. The Morgan fingerprint density at radius 3 is 2.71 bits per heavy atom. The SMILES string of the molecule is CC(=O)Nc1ccc2cccc(S(=O)O)c2c1. The van der Waals surface area contributed by atoms with Crippen LogP contribution in [0.3, 0.4) is 0 Å². The average molecular weight is 249 g/mol. The van der Waals surface area contributed by atoms with Crippen molar-refractivity contribution < 1.29 is 13.6 Å². The molecule has 88 valence electrons. The summed E-state index contributed by atoms with van der Waals surface area (Å²) in [7, 11) is 0. The fraction of sp³-hybridized carbons (Fsp3) is 0.0833. The van der Waals surface area contributed by atoms with Gasteiger partial charge in [-0.3, -0.25) is 4.79 Å².